The van der Waals surface area contributed by atoms with Gasteiger partial charge in [0.15, 0.2) is 0 Å². The van der Waals surface area contributed by atoms with Crippen LogP contribution in [0.5, 0.6) is 0 Å². The van der Waals surface area contributed by atoms with Crippen LogP contribution in [0.15, 0.2) is 12.1 Å². The van der Waals surface area contributed by atoms with E-state index in [9.17, 15) is 10.2 Å². The van der Waals surface area contributed by atoms with Crippen molar-refractivity contribution in [1.29, 1.82) is 0 Å². The Labute approximate surface area is 86.8 Å². The van der Waals surface area contributed by atoms with Gasteiger partial charge in [-0.3, -0.25) is 0 Å². The van der Waals surface area contributed by atoms with Crippen LogP contribution in [0.25, 0.3) is 0 Å². The van der Waals surface area contributed by atoms with Crippen molar-refractivity contribution in [3.8, 4) is 0 Å². The van der Waals surface area contributed by atoms with Gasteiger partial charge in [0.25, 0.3) is 0 Å². The molecule has 0 saturated carbocycles. The van der Waals surface area contributed by atoms with Crippen molar-refractivity contribution in [2.75, 3.05) is 0 Å². The summed E-state index contributed by atoms with van der Waals surface area (Å²) in [7, 11) is 0. The molecule has 0 aliphatic rings. The molecule has 2 atom stereocenters. The molecule has 2 nitrogen and oxygen atoms in total. The summed E-state index contributed by atoms with van der Waals surface area (Å²) in [6.07, 6.45) is -0.348. The lowest BCUT2D eigenvalue weighted by atomic mass is 9.95. The topological polar surface area (TPSA) is 40.5 Å². The Morgan fingerprint density at radius 2 is 2.23 bits per heavy atom. The smallest absolute Gasteiger partial charge is 0.117 e. The van der Waals surface area contributed by atoms with E-state index in [1.807, 2.05) is 6.92 Å². The molecule has 2 N–H and O–H groups in total. The maximum Gasteiger partial charge on any atom is 0.117 e. The van der Waals surface area contributed by atoms with Gasteiger partial charge in [-0.1, -0.05) is 18.5 Å². The van der Waals surface area contributed by atoms with Gasteiger partial charge in [-0.25, -0.2) is 0 Å². The second-order valence-electron chi connectivity index (χ2n) is 3.26. The van der Waals surface area contributed by atoms with Crippen LogP contribution in [0.4, 0.5) is 0 Å². The molecule has 0 saturated heterocycles. The van der Waals surface area contributed by atoms with Gasteiger partial charge in [-0.05, 0) is 25.5 Å². The summed E-state index contributed by atoms with van der Waals surface area (Å²) in [5.41, 5.74) is -1.08. The fourth-order valence-electron chi connectivity index (χ4n) is 0.975. The maximum absolute atomic E-state index is 9.77. The van der Waals surface area contributed by atoms with E-state index in [4.69, 9.17) is 11.6 Å². The van der Waals surface area contributed by atoms with Crippen molar-refractivity contribution in [2.45, 2.75) is 32.0 Å². The van der Waals surface area contributed by atoms with Crippen LogP contribution in [0.1, 0.15) is 31.2 Å². The van der Waals surface area contributed by atoms with E-state index in [2.05, 4.69) is 0 Å². The average molecular weight is 221 g/mol. The van der Waals surface area contributed by atoms with E-state index in [1.165, 1.54) is 11.3 Å². The Morgan fingerprint density at radius 1 is 1.62 bits per heavy atom. The predicted octanol–water partition coefficient (Wildman–Crippen LogP) is 2.60. The Balaban J connectivity index is 2.84. The molecule has 1 rings (SSSR count). The first-order chi connectivity index (χ1) is 5.97. The number of aliphatic hydroxyl groups is 2. The average Bonchev–Trinajstić information content (AvgIpc) is 2.50. The van der Waals surface area contributed by atoms with Crippen molar-refractivity contribution in [2.24, 2.45) is 0 Å². The fraction of sp³-hybridized carbons (Fsp3) is 0.556. The minimum atomic E-state index is -1.08. The number of hydrogen-bond acceptors (Lipinski definition) is 3. The number of hydrogen-bond donors (Lipinski definition) is 2. The molecule has 0 aliphatic heterocycles. The van der Waals surface area contributed by atoms with E-state index >= 15 is 0 Å². The molecule has 0 spiro atoms. The molecule has 13 heavy (non-hydrogen) atoms. The first kappa shape index (κ1) is 11.0. The Morgan fingerprint density at radius 3 is 2.62 bits per heavy atom. The lowest BCUT2D eigenvalue weighted by Crippen LogP contribution is -2.31. The second-order valence-corrected chi connectivity index (χ2v) is 5.00. The third-order valence-electron chi connectivity index (χ3n) is 2.17. The van der Waals surface area contributed by atoms with E-state index in [1.54, 1.807) is 19.1 Å². The van der Waals surface area contributed by atoms with Gasteiger partial charge in [0, 0.05) is 4.88 Å². The van der Waals surface area contributed by atoms with Gasteiger partial charge < -0.3 is 10.2 Å². The van der Waals surface area contributed by atoms with Crippen LogP contribution in [-0.4, -0.2) is 15.8 Å². The first-order valence-corrected chi connectivity index (χ1v) is 5.32. The highest BCUT2D eigenvalue weighted by atomic mass is 35.5. The fourth-order valence-corrected chi connectivity index (χ4v) is 2.17. The molecule has 0 aromatic carbocycles. The van der Waals surface area contributed by atoms with Crippen molar-refractivity contribution in [3.05, 3.63) is 21.3 Å². The van der Waals surface area contributed by atoms with Crippen LogP contribution >= 0.6 is 22.9 Å². The molecule has 74 valence electrons. The maximum atomic E-state index is 9.77. The molecule has 1 heterocycles. The quantitative estimate of drug-likeness (QED) is 0.822. The van der Waals surface area contributed by atoms with Crippen molar-refractivity contribution in [3.63, 3.8) is 0 Å². The van der Waals surface area contributed by atoms with Gasteiger partial charge >= 0.3 is 0 Å². The van der Waals surface area contributed by atoms with Crippen LogP contribution < -0.4 is 0 Å². The molecule has 0 radical (unpaired) electrons. The van der Waals surface area contributed by atoms with Crippen molar-refractivity contribution in [1.82, 2.24) is 0 Å². The molecule has 0 fully saturated rings. The minimum absolute atomic E-state index is 0.504. The van der Waals surface area contributed by atoms with E-state index in [0.29, 0.717) is 15.6 Å². The first-order valence-electron chi connectivity index (χ1n) is 4.13. The Hall–Kier alpha value is -0.0900. The van der Waals surface area contributed by atoms with Crippen LogP contribution in [0, 0.1) is 0 Å². The summed E-state index contributed by atoms with van der Waals surface area (Å²) in [4.78, 5) is 0.705. The highest BCUT2D eigenvalue weighted by Gasteiger charge is 2.30. The SMILES string of the molecule is CCC(C)(O)C(O)c1ccc(Cl)s1. The zero-order chi connectivity index (χ0) is 10.1. The molecule has 1 aromatic heterocycles. The third-order valence-corrected chi connectivity index (χ3v) is 3.45. The van der Waals surface area contributed by atoms with Gasteiger partial charge in [0.2, 0.25) is 0 Å². The lowest BCUT2D eigenvalue weighted by Gasteiger charge is -2.26. The van der Waals surface area contributed by atoms with Crippen molar-refractivity contribution >= 4 is 22.9 Å². The van der Waals surface area contributed by atoms with E-state index in [0.717, 1.165) is 0 Å². The van der Waals surface area contributed by atoms with Gasteiger partial charge in [-0.15, -0.1) is 11.3 Å². The van der Waals surface area contributed by atoms with Gasteiger partial charge in [0.05, 0.1) is 9.94 Å². The van der Waals surface area contributed by atoms with Gasteiger partial charge in [0.1, 0.15) is 6.10 Å². The normalized spacial score (nSPS) is 18.2. The molecule has 2 unspecified atom stereocenters. The molecule has 0 aliphatic carbocycles. The van der Waals surface area contributed by atoms with E-state index in [-0.39, 0.29) is 0 Å². The highest BCUT2D eigenvalue weighted by molar-refractivity contribution is 7.16. The molecule has 0 amide bonds. The summed E-state index contributed by atoms with van der Waals surface area (Å²) >= 11 is 7.02. The predicted molar refractivity (Wildman–Crippen MR) is 55.2 cm³/mol. The standard InChI is InChI=1S/C9H13ClO2S/c1-3-9(2,12)8(11)6-4-5-7(10)13-6/h4-5,8,11-12H,3H2,1-2H3. The summed E-state index contributed by atoms with van der Waals surface area (Å²) in [5, 5.41) is 19.5. The summed E-state index contributed by atoms with van der Waals surface area (Å²) in [5.74, 6) is 0. The molecule has 0 bridgehead atoms. The zero-order valence-electron chi connectivity index (χ0n) is 7.62. The summed E-state index contributed by atoms with van der Waals surface area (Å²) in [6, 6.07) is 3.46. The molecular formula is C9H13ClO2S. The van der Waals surface area contributed by atoms with Gasteiger partial charge in [-0.2, -0.15) is 0 Å². The van der Waals surface area contributed by atoms with Crippen LogP contribution in [0.2, 0.25) is 4.34 Å². The largest absolute Gasteiger partial charge is 0.387 e. The van der Waals surface area contributed by atoms with Crippen LogP contribution in [-0.2, 0) is 0 Å². The monoisotopic (exact) mass is 220 g/mol. The highest BCUT2D eigenvalue weighted by Crippen LogP contribution is 2.34. The zero-order valence-corrected chi connectivity index (χ0v) is 9.19. The second kappa shape index (κ2) is 3.96. The number of thiophene rings is 1. The van der Waals surface area contributed by atoms with E-state index < -0.39 is 11.7 Å². The summed E-state index contributed by atoms with van der Waals surface area (Å²) in [6.45, 7) is 3.45. The molecule has 1 aromatic rings. The number of aliphatic hydroxyl groups excluding tert-OH is 1. The summed E-state index contributed by atoms with van der Waals surface area (Å²) < 4.78 is 0.626. The lowest BCUT2D eigenvalue weighted by molar-refractivity contribution is -0.0641. The molecular weight excluding hydrogens is 208 g/mol. The van der Waals surface area contributed by atoms with Crippen LogP contribution in [0.3, 0.4) is 0 Å². The molecule has 4 heteroatoms. The Kier molecular flexibility index (Phi) is 3.35. The Bertz CT molecular complexity index is 283. The number of halogens is 1. The third kappa shape index (κ3) is 2.44. The number of rotatable bonds is 3. The van der Waals surface area contributed by atoms with Crippen molar-refractivity contribution < 1.29 is 10.2 Å². The minimum Gasteiger partial charge on any atom is -0.387 e.